The van der Waals surface area contributed by atoms with Gasteiger partial charge in [-0.25, -0.2) is 4.79 Å². The van der Waals surface area contributed by atoms with Crippen LogP contribution in [0.25, 0.3) is 11.0 Å². The van der Waals surface area contributed by atoms with E-state index in [1.165, 1.54) is 19.9 Å². The van der Waals surface area contributed by atoms with Crippen LogP contribution in [-0.4, -0.2) is 35.8 Å². The van der Waals surface area contributed by atoms with E-state index in [0.717, 1.165) is 16.5 Å². The molecule has 3 rings (SSSR count). The Kier molecular flexibility index (Phi) is 7.80. The normalized spacial score (nSPS) is 13.5. The van der Waals surface area contributed by atoms with Crippen LogP contribution in [0.2, 0.25) is 0 Å². The standard InChI is InChI=1S/C25H28N4O5/c1-14-11-22(30)34-21-13-18(9-10-19(14)21)28-25(33)20(12-17-7-5-4-6-8-17)29-24(32)16(3)27-23(31)15(2)26/h4-11,13,15-16,20H,12,26H2,1-3H3,(H,27,31)(H,28,33)(H,29,32)/t15-,16-,20-/m0/s1. The first-order valence-electron chi connectivity index (χ1n) is 10.9. The predicted octanol–water partition coefficient (Wildman–Crippen LogP) is 1.62. The van der Waals surface area contributed by atoms with Crippen molar-refractivity contribution in [3.63, 3.8) is 0 Å². The summed E-state index contributed by atoms with van der Waals surface area (Å²) in [7, 11) is 0. The lowest BCUT2D eigenvalue weighted by Gasteiger charge is -2.22. The van der Waals surface area contributed by atoms with Gasteiger partial charge in [-0.15, -0.1) is 0 Å². The van der Waals surface area contributed by atoms with Gasteiger partial charge in [0.25, 0.3) is 0 Å². The molecule has 3 amide bonds. The summed E-state index contributed by atoms with van der Waals surface area (Å²) in [6.07, 6.45) is 0.230. The minimum absolute atomic E-state index is 0.230. The molecule has 0 saturated carbocycles. The number of hydrogen-bond acceptors (Lipinski definition) is 6. The van der Waals surface area contributed by atoms with Crippen LogP contribution in [0.1, 0.15) is 25.0 Å². The molecule has 0 aliphatic carbocycles. The smallest absolute Gasteiger partial charge is 0.336 e. The van der Waals surface area contributed by atoms with Gasteiger partial charge in [0.2, 0.25) is 17.7 Å². The fourth-order valence-corrected chi connectivity index (χ4v) is 3.40. The maximum atomic E-state index is 13.1. The lowest BCUT2D eigenvalue weighted by molar-refractivity contribution is -0.130. The second kappa shape index (κ2) is 10.8. The SMILES string of the molecule is Cc1cc(=O)oc2cc(NC(=O)[C@H](Cc3ccccc3)NC(=O)[C@H](C)NC(=O)[C@H](C)N)ccc12. The third-order valence-corrected chi connectivity index (χ3v) is 5.30. The second-order valence-electron chi connectivity index (χ2n) is 8.22. The molecule has 0 unspecified atom stereocenters. The largest absolute Gasteiger partial charge is 0.423 e. The molecule has 0 saturated heterocycles. The molecule has 178 valence electrons. The van der Waals surface area contributed by atoms with Gasteiger partial charge in [-0.1, -0.05) is 30.3 Å². The number of benzene rings is 2. The van der Waals surface area contributed by atoms with Crippen molar-refractivity contribution in [3.8, 4) is 0 Å². The zero-order chi connectivity index (χ0) is 24.8. The summed E-state index contributed by atoms with van der Waals surface area (Å²) in [5.74, 6) is -1.46. The summed E-state index contributed by atoms with van der Waals surface area (Å²) in [5, 5.41) is 8.75. The summed E-state index contributed by atoms with van der Waals surface area (Å²) in [4.78, 5) is 49.4. The number of nitrogens with one attached hydrogen (secondary N) is 3. The lowest BCUT2D eigenvalue weighted by atomic mass is 10.0. The maximum Gasteiger partial charge on any atom is 0.336 e. The Morgan fingerprint density at radius 3 is 2.32 bits per heavy atom. The highest BCUT2D eigenvalue weighted by atomic mass is 16.4. The summed E-state index contributed by atoms with van der Waals surface area (Å²) < 4.78 is 5.25. The van der Waals surface area contributed by atoms with E-state index in [-0.39, 0.29) is 6.42 Å². The molecule has 0 bridgehead atoms. The van der Waals surface area contributed by atoms with Crippen molar-refractivity contribution in [3.05, 3.63) is 76.1 Å². The van der Waals surface area contributed by atoms with Crippen molar-refractivity contribution in [1.82, 2.24) is 10.6 Å². The van der Waals surface area contributed by atoms with Crippen LogP contribution >= 0.6 is 0 Å². The van der Waals surface area contributed by atoms with Crippen molar-refractivity contribution in [1.29, 1.82) is 0 Å². The van der Waals surface area contributed by atoms with E-state index in [9.17, 15) is 19.2 Å². The van der Waals surface area contributed by atoms with Gasteiger partial charge in [-0.2, -0.15) is 0 Å². The van der Waals surface area contributed by atoms with Gasteiger partial charge in [0.15, 0.2) is 0 Å². The fraction of sp³-hybridized carbons (Fsp3) is 0.280. The Morgan fingerprint density at radius 1 is 0.941 bits per heavy atom. The molecule has 0 fully saturated rings. The molecule has 0 aliphatic rings. The molecule has 3 aromatic rings. The summed E-state index contributed by atoms with van der Waals surface area (Å²) in [5.41, 5.74) is 7.43. The summed E-state index contributed by atoms with van der Waals surface area (Å²) in [6, 6.07) is 13.1. The van der Waals surface area contributed by atoms with Gasteiger partial charge >= 0.3 is 5.63 Å². The van der Waals surface area contributed by atoms with Crippen molar-refractivity contribution in [2.75, 3.05) is 5.32 Å². The summed E-state index contributed by atoms with van der Waals surface area (Å²) in [6.45, 7) is 4.83. The van der Waals surface area contributed by atoms with Gasteiger partial charge < -0.3 is 26.1 Å². The number of carbonyl (C=O) groups is 3. The maximum absolute atomic E-state index is 13.1. The number of carbonyl (C=O) groups excluding carboxylic acids is 3. The first kappa shape index (κ1) is 24.7. The lowest BCUT2D eigenvalue weighted by Crippen LogP contribution is -2.54. The topological polar surface area (TPSA) is 144 Å². The molecule has 0 spiro atoms. The third-order valence-electron chi connectivity index (χ3n) is 5.30. The highest BCUT2D eigenvalue weighted by molar-refractivity contribution is 5.99. The van der Waals surface area contributed by atoms with Crippen molar-refractivity contribution in [2.24, 2.45) is 5.73 Å². The number of nitrogens with two attached hydrogens (primary N) is 1. The first-order chi connectivity index (χ1) is 16.1. The molecule has 0 radical (unpaired) electrons. The fourth-order valence-electron chi connectivity index (χ4n) is 3.40. The Hall–Kier alpha value is -3.98. The molecule has 9 heteroatoms. The van der Waals surface area contributed by atoms with Crippen molar-refractivity contribution < 1.29 is 18.8 Å². The van der Waals surface area contributed by atoms with E-state index in [0.29, 0.717) is 11.3 Å². The quantitative estimate of drug-likeness (QED) is 0.373. The number of rotatable bonds is 8. The van der Waals surface area contributed by atoms with E-state index in [1.54, 1.807) is 25.1 Å². The van der Waals surface area contributed by atoms with Gasteiger partial charge in [0, 0.05) is 29.6 Å². The van der Waals surface area contributed by atoms with Crippen molar-refractivity contribution >= 4 is 34.4 Å². The minimum atomic E-state index is -0.926. The van der Waals surface area contributed by atoms with Crippen LogP contribution in [0, 0.1) is 6.92 Å². The molecule has 9 nitrogen and oxygen atoms in total. The predicted molar refractivity (Wildman–Crippen MR) is 129 cm³/mol. The zero-order valence-electron chi connectivity index (χ0n) is 19.3. The van der Waals surface area contributed by atoms with Crippen LogP contribution in [0.5, 0.6) is 0 Å². The number of anilines is 1. The zero-order valence-corrected chi connectivity index (χ0v) is 19.3. The van der Waals surface area contributed by atoms with E-state index < -0.39 is 41.5 Å². The number of aryl methyl sites for hydroxylation is 1. The van der Waals surface area contributed by atoms with Crippen LogP contribution in [0.4, 0.5) is 5.69 Å². The molecule has 0 aliphatic heterocycles. The molecule has 1 aromatic heterocycles. The molecular formula is C25H28N4O5. The Labute approximate surface area is 196 Å². The van der Waals surface area contributed by atoms with Crippen molar-refractivity contribution in [2.45, 2.75) is 45.3 Å². The number of hydrogen-bond donors (Lipinski definition) is 4. The van der Waals surface area contributed by atoms with Crippen LogP contribution < -0.4 is 27.3 Å². The molecule has 3 atom stereocenters. The molecule has 5 N–H and O–H groups in total. The third kappa shape index (κ3) is 6.29. The van der Waals surface area contributed by atoms with Gasteiger partial charge in [-0.05, 0) is 44.0 Å². The molecule has 2 aromatic carbocycles. The average Bonchev–Trinajstić information content (AvgIpc) is 2.78. The average molecular weight is 465 g/mol. The second-order valence-corrected chi connectivity index (χ2v) is 8.22. The number of amides is 3. The van der Waals surface area contributed by atoms with E-state index in [2.05, 4.69) is 16.0 Å². The molecule has 34 heavy (non-hydrogen) atoms. The highest BCUT2D eigenvalue weighted by Crippen LogP contribution is 2.21. The Morgan fingerprint density at radius 2 is 1.65 bits per heavy atom. The van der Waals surface area contributed by atoms with Gasteiger partial charge in [0.05, 0.1) is 6.04 Å². The van der Waals surface area contributed by atoms with E-state index in [1.807, 2.05) is 30.3 Å². The Bertz CT molecular complexity index is 1250. The summed E-state index contributed by atoms with van der Waals surface area (Å²) >= 11 is 0. The van der Waals surface area contributed by atoms with Crippen LogP contribution in [0.3, 0.4) is 0 Å². The van der Waals surface area contributed by atoms with E-state index >= 15 is 0 Å². The van der Waals surface area contributed by atoms with Gasteiger partial charge in [-0.3, -0.25) is 14.4 Å². The Balaban J connectivity index is 1.80. The van der Waals surface area contributed by atoms with Crippen LogP contribution in [0.15, 0.2) is 63.8 Å². The highest BCUT2D eigenvalue weighted by Gasteiger charge is 2.25. The van der Waals surface area contributed by atoms with E-state index in [4.69, 9.17) is 10.2 Å². The van der Waals surface area contributed by atoms with Gasteiger partial charge in [0.1, 0.15) is 17.7 Å². The minimum Gasteiger partial charge on any atom is -0.423 e. The molecular weight excluding hydrogens is 436 g/mol. The number of fused-ring (bicyclic) bond motifs is 1. The van der Waals surface area contributed by atoms with Crippen LogP contribution in [-0.2, 0) is 20.8 Å². The first-order valence-corrected chi connectivity index (χ1v) is 10.9. The monoisotopic (exact) mass is 464 g/mol. The molecule has 1 heterocycles.